The van der Waals surface area contributed by atoms with E-state index in [0.29, 0.717) is 33.2 Å². The number of hydrazone groups is 1. The monoisotopic (exact) mass is 464 g/mol. The third-order valence-corrected chi connectivity index (χ3v) is 5.32. The predicted molar refractivity (Wildman–Crippen MR) is 131 cm³/mol. The molecule has 1 unspecified atom stereocenters. The van der Waals surface area contributed by atoms with Crippen LogP contribution in [0.15, 0.2) is 88.8 Å². The van der Waals surface area contributed by atoms with Gasteiger partial charge in [0.05, 0.1) is 22.7 Å². The first kappa shape index (κ1) is 23.1. The summed E-state index contributed by atoms with van der Waals surface area (Å²) < 4.78 is 0. The molecular weight excluding hydrogens is 444 g/mol. The summed E-state index contributed by atoms with van der Waals surface area (Å²) in [5, 5.41) is 23.2. The van der Waals surface area contributed by atoms with Crippen LogP contribution in [0.5, 0.6) is 0 Å². The van der Waals surface area contributed by atoms with Gasteiger partial charge < -0.3 is 5.32 Å². The number of H-pyrrole nitrogens is 1. The highest BCUT2D eigenvalue weighted by atomic mass is 16.2. The first-order valence-corrected chi connectivity index (χ1v) is 10.7. The predicted octanol–water partition coefficient (Wildman–Crippen LogP) is 2.81. The molecule has 4 rings (SSSR count). The topological polar surface area (TPSA) is 140 Å². The molecule has 0 bridgehead atoms. The molecule has 4 aromatic rings. The van der Waals surface area contributed by atoms with Gasteiger partial charge in [0.15, 0.2) is 6.04 Å². The van der Waals surface area contributed by atoms with E-state index in [1.165, 1.54) is 0 Å². The largest absolute Gasteiger partial charge is 0.335 e. The Morgan fingerprint density at radius 2 is 1.66 bits per heavy atom. The highest BCUT2D eigenvalue weighted by Crippen LogP contribution is 2.20. The van der Waals surface area contributed by atoms with Crippen LogP contribution in [-0.2, 0) is 4.79 Å². The van der Waals surface area contributed by atoms with Gasteiger partial charge in [-0.25, -0.2) is 10.5 Å². The van der Waals surface area contributed by atoms with Crippen molar-refractivity contribution in [2.45, 2.75) is 13.0 Å². The second-order valence-corrected chi connectivity index (χ2v) is 7.62. The molecule has 9 nitrogen and oxygen atoms in total. The lowest BCUT2D eigenvalue weighted by Gasteiger charge is -2.18. The van der Waals surface area contributed by atoms with E-state index in [1.807, 2.05) is 0 Å². The van der Waals surface area contributed by atoms with E-state index in [4.69, 9.17) is 5.26 Å². The number of nitrogens with zero attached hydrogens (tertiary/aromatic N) is 3. The zero-order valence-electron chi connectivity index (χ0n) is 18.6. The summed E-state index contributed by atoms with van der Waals surface area (Å²) in [4.78, 5) is 38.4. The molecular formula is C26H20N6O3. The van der Waals surface area contributed by atoms with Gasteiger partial charge in [0.25, 0.3) is 17.4 Å². The SMILES string of the molecule is C/C(=N\NC(=O)C(NC(=O)c1ccccc1)c1n[nH]c(=O)c2ccccc12)c1cccc(C#N)c1. The molecule has 9 heteroatoms. The van der Waals surface area contributed by atoms with Crippen molar-refractivity contribution in [2.24, 2.45) is 5.10 Å². The highest BCUT2D eigenvalue weighted by Gasteiger charge is 2.27. The first-order chi connectivity index (χ1) is 17.0. The van der Waals surface area contributed by atoms with Gasteiger partial charge in [0, 0.05) is 10.9 Å². The maximum absolute atomic E-state index is 13.3. The van der Waals surface area contributed by atoms with E-state index in [1.54, 1.807) is 85.8 Å². The third-order valence-electron chi connectivity index (χ3n) is 5.32. The van der Waals surface area contributed by atoms with Crippen LogP contribution >= 0.6 is 0 Å². The lowest BCUT2D eigenvalue weighted by molar-refractivity contribution is -0.123. The molecule has 1 heterocycles. The van der Waals surface area contributed by atoms with E-state index < -0.39 is 23.4 Å². The molecule has 35 heavy (non-hydrogen) atoms. The number of hydrogen-bond donors (Lipinski definition) is 3. The lowest BCUT2D eigenvalue weighted by Crippen LogP contribution is -2.40. The molecule has 2 amide bonds. The highest BCUT2D eigenvalue weighted by molar-refractivity contribution is 6.01. The van der Waals surface area contributed by atoms with Crippen LogP contribution in [0, 0.1) is 11.3 Å². The van der Waals surface area contributed by atoms with Gasteiger partial charge in [-0.05, 0) is 42.8 Å². The number of nitrogens with one attached hydrogen (secondary N) is 3. The van der Waals surface area contributed by atoms with Gasteiger partial charge >= 0.3 is 0 Å². The first-order valence-electron chi connectivity index (χ1n) is 10.7. The van der Waals surface area contributed by atoms with Crippen molar-refractivity contribution in [3.8, 4) is 6.07 Å². The smallest absolute Gasteiger partial charge is 0.272 e. The molecule has 0 fully saturated rings. The Hall–Kier alpha value is -5.10. The van der Waals surface area contributed by atoms with Crippen LogP contribution < -0.4 is 16.3 Å². The number of benzene rings is 3. The van der Waals surface area contributed by atoms with E-state index in [2.05, 4.69) is 32.1 Å². The maximum Gasteiger partial charge on any atom is 0.272 e. The van der Waals surface area contributed by atoms with Gasteiger partial charge in [0.2, 0.25) is 0 Å². The Morgan fingerprint density at radius 1 is 0.971 bits per heavy atom. The van der Waals surface area contributed by atoms with E-state index in [-0.39, 0.29) is 5.69 Å². The molecule has 0 saturated carbocycles. The number of fused-ring (bicyclic) bond motifs is 1. The zero-order chi connectivity index (χ0) is 24.8. The Labute approximate surface area is 200 Å². The minimum atomic E-state index is -1.26. The van der Waals surface area contributed by atoms with Crippen molar-refractivity contribution in [3.05, 3.63) is 112 Å². The fourth-order valence-electron chi connectivity index (χ4n) is 3.50. The minimum Gasteiger partial charge on any atom is -0.335 e. The average Bonchev–Trinajstić information content (AvgIpc) is 2.91. The van der Waals surface area contributed by atoms with Crippen LogP contribution in [-0.4, -0.2) is 27.7 Å². The second-order valence-electron chi connectivity index (χ2n) is 7.62. The molecule has 0 aliphatic rings. The van der Waals surface area contributed by atoms with Crippen molar-refractivity contribution >= 4 is 28.3 Å². The van der Waals surface area contributed by atoms with Gasteiger partial charge in [-0.2, -0.15) is 15.5 Å². The quantitative estimate of drug-likeness (QED) is 0.297. The van der Waals surface area contributed by atoms with Crippen molar-refractivity contribution in [1.29, 1.82) is 5.26 Å². The van der Waals surface area contributed by atoms with E-state index in [9.17, 15) is 14.4 Å². The number of aromatic nitrogens is 2. The summed E-state index contributed by atoms with van der Waals surface area (Å²) >= 11 is 0. The number of carbonyl (C=O) groups is 2. The maximum atomic E-state index is 13.3. The number of hydrogen-bond acceptors (Lipinski definition) is 6. The Morgan fingerprint density at radius 3 is 2.40 bits per heavy atom. The molecule has 3 aromatic carbocycles. The van der Waals surface area contributed by atoms with Gasteiger partial charge in [-0.15, -0.1) is 0 Å². The summed E-state index contributed by atoms with van der Waals surface area (Å²) in [6.07, 6.45) is 0. The van der Waals surface area contributed by atoms with Crippen molar-refractivity contribution in [2.75, 3.05) is 0 Å². The van der Waals surface area contributed by atoms with E-state index >= 15 is 0 Å². The van der Waals surface area contributed by atoms with Crippen molar-refractivity contribution in [3.63, 3.8) is 0 Å². The van der Waals surface area contributed by atoms with Crippen molar-refractivity contribution < 1.29 is 9.59 Å². The van der Waals surface area contributed by atoms with Crippen LogP contribution in [0.3, 0.4) is 0 Å². The fraction of sp³-hybridized carbons (Fsp3) is 0.0769. The molecule has 3 N–H and O–H groups in total. The Bertz CT molecular complexity index is 1540. The van der Waals surface area contributed by atoms with Gasteiger partial charge in [0.1, 0.15) is 5.69 Å². The summed E-state index contributed by atoms with van der Waals surface area (Å²) in [6, 6.07) is 22.7. The number of nitriles is 1. The van der Waals surface area contributed by atoms with Crippen LogP contribution in [0.1, 0.15) is 40.1 Å². The van der Waals surface area contributed by atoms with Gasteiger partial charge in [-0.3, -0.25) is 14.4 Å². The Kier molecular flexibility index (Phi) is 6.74. The average molecular weight is 464 g/mol. The third kappa shape index (κ3) is 5.12. The standard InChI is InChI=1S/C26H20N6O3/c1-16(19-11-7-8-17(14-19)15-27)29-32-26(35)23(28-24(33)18-9-3-2-4-10-18)22-20-12-5-6-13-21(20)25(34)31-30-22/h2-14,23H,1H3,(H,28,33)(H,31,34)(H,32,35)/b29-16+. The summed E-state index contributed by atoms with van der Waals surface area (Å²) in [6.45, 7) is 1.68. The zero-order valence-corrected chi connectivity index (χ0v) is 18.6. The normalized spacial score (nSPS) is 11.9. The molecule has 0 aliphatic carbocycles. The molecule has 1 atom stereocenters. The van der Waals surface area contributed by atoms with Crippen LogP contribution in [0.25, 0.3) is 10.8 Å². The number of carbonyl (C=O) groups excluding carboxylic acids is 2. The Balaban J connectivity index is 1.70. The van der Waals surface area contributed by atoms with Crippen LogP contribution in [0.2, 0.25) is 0 Å². The summed E-state index contributed by atoms with van der Waals surface area (Å²) in [5.74, 6) is -1.15. The minimum absolute atomic E-state index is 0.168. The second kappa shape index (κ2) is 10.2. The van der Waals surface area contributed by atoms with Gasteiger partial charge in [-0.1, -0.05) is 48.5 Å². The fourth-order valence-corrected chi connectivity index (χ4v) is 3.50. The molecule has 0 saturated heterocycles. The molecule has 172 valence electrons. The summed E-state index contributed by atoms with van der Waals surface area (Å²) in [7, 11) is 0. The molecule has 1 aromatic heterocycles. The number of aromatic amines is 1. The van der Waals surface area contributed by atoms with E-state index in [0.717, 1.165) is 0 Å². The lowest BCUT2D eigenvalue weighted by atomic mass is 10.0. The number of rotatable bonds is 6. The van der Waals surface area contributed by atoms with Crippen LogP contribution in [0.4, 0.5) is 0 Å². The molecule has 0 radical (unpaired) electrons. The molecule has 0 spiro atoms. The number of amides is 2. The molecule has 0 aliphatic heterocycles. The summed E-state index contributed by atoms with van der Waals surface area (Å²) in [5.41, 5.74) is 4.16. The van der Waals surface area contributed by atoms with Crippen molar-refractivity contribution in [1.82, 2.24) is 20.9 Å².